The Kier molecular flexibility index (Phi) is 5.47. The number of ether oxygens (including phenoxy) is 1. The Bertz CT molecular complexity index is 652. The lowest BCUT2D eigenvalue weighted by Crippen LogP contribution is -2.86. The van der Waals surface area contributed by atoms with Crippen molar-refractivity contribution in [1.29, 1.82) is 0 Å². The van der Waals surface area contributed by atoms with Gasteiger partial charge in [-0.1, -0.05) is 19.1 Å². The van der Waals surface area contributed by atoms with Gasteiger partial charge in [-0.25, -0.2) is 4.98 Å². The first kappa shape index (κ1) is 15.7. The first-order valence-electron chi connectivity index (χ1n) is 7.50. The van der Waals surface area contributed by atoms with Gasteiger partial charge in [0.25, 0.3) is 5.56 Å². The Morgan fingerprint density at radius 1 is 1.38 bits per heavy atom. The van der Waals surface area contributed by atoms with Crippen LogP contribution in [0.15, 0.2) is 29.1 Å². The third-order valence-electron chi connectivity index (χ3n) is 3.59. The molecule has 0 unspecified atom stereocenters. The Labute approximate surface area is 125 Å². The van der Waals surface area contributed by atoms with Crippen LogP contribution >= 0.6 is 0 Å². The fourth-order valence-corrected chi connectivity index (χ4v) is 2.51. The van der Waals surface area contributed by atoms with E-state index >= 15 is 0 Å². The lowest BCUT2D eigenvalue weighted by Gasteiger charge is -2.16. The molecule has 5 nitrogen and oxygen atoms in total. The van der Waals surface area contributed by atoms with E-state index in [4.69, 9.17) is 9.72 Å². The molecule has 0 aliphatic rings. The number of nitrogens with zero attached hydrogens (tertiary/aromatic N) is 2. The molecule has 0 bridgehead atoms. The van der Waals surface area contributed by atoms with Gasteiger partial charge in [-0.05, 0) is 25.5 Å². The van der Waals surface area contributed by atoms with Gasteiger partial charge in [-0.2, -0.15) is 0 Å². The quantitative estimate of drug-likeness (QED) is 0.776. The molecule has 114 valence electrons. The van der Waals surface area contributed by atoms with Gasteiger partial charge in [-0.15, -0.1) is 0 Å². The van der Waals surface area contributed by atoms with Gasteiger partial charge in [0.1, 0.15) is 6.04 Å². The van der Waals surface area contributed by atoms with Crippen LogP contribution in [0.25, 0.3) is 10.9 Å². The van der Waals surface area contributed by atoms with Crippen LogP contribution in [0.2, 0.25) is 0 Å². The Balaban J connectivity index is 2.45. The highest BCUT2D eigenvalue weighted by atomic mass is 16.5. The van der Waals surface area contributed by atoms with E-state index in [1.54, 1.807) is 7.11 Å². The van der Waals surface area contributed by atoms with Crippen LogP contribution in [-0.2, 0) is 11.3 Å². The van der Waals surface area contributed by atoms with Crippen molar-refractivity contribution < 1.29 is 10.1 Å². The van der Waals surface area contributed by atoms with Crippen molar-refractivity contribution in [1.82, 2.24) is 9.55 Å². The summed E-state index contributed by atoms with van der Waals surface area (Å²) in [5, 5.41) is 2.85. The minimum atomic E-state index is 0.0597. The lowest BCUT2D eigenvalue weighted by molar-refractivity contribution is -0.695. The minimum absolute atomic E-state index is 0.0597. The molecular formula is C16H24N3O2+. The topological polar surface area (TPSA) is 60.7 Å². The number of para-hydroxylation sites is 1. The molecule has 0 saturated carbocycles. The molecule has 2 aromatic rings. The van der Waals surface area contributed by atoms with Crippen LogP contribution in [0.5, 0.6) is 0 Å². The molecule has 1 atom stereocenters. The predicted molar refractivity (Wildman–Crippen MR) is 83.4 cm³/mol. The molecular weight excluding hydrogens is 266 g/mol. The maximum absolute atomic E-state index is 12.7. The first-order valence-corrected chi connectivity index (χ1v) is 7.50. The van der Waals surface area contributed by atoms with Gasteiger partial charge in [0.2, 0.25) is 0 Å². The van der Waals surface area contributed by atoms with Crippen LogP contribution < -0.4 is 10.9 Å². The standard InChI is InChI=1S/C16H23N3O2/c1-4-10-19-15(12(2)17-9-11-21-3)18-14-8-6-5-7-13(14)16(19)20/h5-8,12,17H,4,9-11H2,1-3H3/p+1/t12-/m0/s1. The molecule has 2 rings (SSSR count). The fourth-order valence-electron chi connectivity index (χ4n) is 2.51. The van der Waals surface area contributed by atoms with E-state index in [0.717, 1.165) is 24.3 Å². The highest BCUT2D eigenvalue weighted by Gasteiger charge is 2.18. The van der Waals surface area contributed by atoms with Crippen LogP contribution in [0.1, 0.15) is 32.1 Å². The molecule has 0 amide bonds. The zero-order valence-electron chi connectivity index (χ0n) is 13.0. The zero-order chi connectivity index (χ0) is 15.2. The van der Waals surface area contributed by atoms with Crippen LogP contribution in [0, 0.1) is 0 Å². The molecule has 5 heteroatoms. The van der Waals surface area contributed by atoms with E-state index < -0.39 is 0 Å². The van der Waals surface area contributed by atoms with E-state index in [2.05, 4.69) is 19.2 Å². The van der Waals surface area contributed by atoms with Crippen molar-refractivity contribution >= 4 is 10.9 Å². The fraction of sp³-hybridized carbons (Fsp3) is 0.500. The summed E-state index contributed by atoms with van der Waals surface area (Å²) in [6, 6.07) is 7.68. The SMILES string of the molecule is CCCn1c([C@H](C)[NH2+]CCOC)nc2ccccc2c1=O. The zero-order valence-corrected chi connectivity index (χ0v) is 13.0. The van der Waals surface area contributed by atoms with Crippen molar-refractivity contribution in [3.63, 3.8) is 0 Å². The summed E-state index contributed by atoms with van der Waals surface area (Å²) < 4.78 is 6.90. The van der Waals surface area contributed by atoms with Crippen molar-refractivity contribution in [2.75, 3.05) is 20.3 Å². The van der Waals surface area contributed by atoms with E-state index in [1.807, 2.05) is 28.8 Å². The third-order valence-corrected chi connectivity index (χ3v) is 3.59. The summed E-state index contributed by atoms with van der Waals surface area (Å²) in [6.07, 6.45) is 0.914. The summed E-state index contributed by atoms with van der Waals surface area (Å²) in [6.45, 7) is 6.40. The van der Waals surface area contributed by atoms with Crippen molar-refractivity contribution in [3.05, 3.63) is 40.4 Å². The summed E-state index contributed by atoms with van der Waals surface area (Å²) in [7, 11) is 1.69. The molecule has 0 fully saturated rings. The molecule has 0 aliphatic heterocycles. The number of hydrogen-bond donors (Lipinski definition) is 1. The molecule has 0 saturated heterocycles. The summed E-state index contributed by atoms with van der Waals surface area (Å²) in [5.41, 5.74) is 0.835. The van der Waals surface area contributed by atoms with Crippen LogP contribution in [0.3, 0.4) is 0 Å². The van der Waals surface area contributed by atoms with Gasteiger partial charge in [0, 0.05) is 13.7 Å². The van der Waals surface area contributed by atoms with E-state index in [1.165, 1.54) is 0 Å². The average molecular weight is 290 g/mol. The maximum atomic E-state index is 12.7. The predicted octanol–water partition coefficient (Wildman–Crippen LogP) is 1.08. The van der Waals surface area contributed by atoms with Crippen molar-refractivity contribution in [2.24, 2.45) is 0 Å². The number of hydrogen-bond acceptors (Lipinski definition) is 3. The molecule has 0 spiro atoms. The Hall–Kier alpha value is -1.72. The molecule has 1 heterocycles. The van der Waals surface area contributed by atoms with Crippen molar-refractivity contribution in [2.45, 2.75) is 32.9 Å². The molecule has 2 N–H and O–H groups in total. The van der Waals surface area contributed by atoms with Gasteiger partial charge in [0.05, 0.1) is 24.1 Å². The van der Waals surface area contributed by atoms with Gasteiger partial charge >= 0.3 is 0 Å². The van der Waals surface area contributed by atoms with E-state index in [-0.39, 0.29) is 11.6 Å². The molecule has 21 heavy (non-hydrogen) atoms. The van der Waals surface area contributed by atoms with Gasteiger partial charge < -0.3 is 10.1 Å². The monoisotopic (exact) mass is 290 g/mol. The van der Waals surface area contributed by atoms with E-state index in [9.17, 15) is 4.79 Å². The third kappa shape index (κ3) is 3.49. The second-order valence-electron chi connectivity index (χ2n) is 5.25. The number of benzene rings is 1. The highest BCUT2D eigenvalue weighted by Crippen LogP contribution is 2.11. The molecule has 0 aliphatic carbocycles. The minimum Gasteiger partial charge on any atom is -0.379 e. The summed E-state index contributed by atoms with van der Waals surface area (Å²) in [4.78, 5) is 17.4. The number of nitrogens with two attached hydrogens (primary N) is 1. The summed E-state index contributed by atoms with van der Waals surface area (Å²) >= 11 is 0. The van der Waals surface area contributed by atoms with Crippen LogP contribution in [-0.4, -0.2) is 29.8 Å². The summed E-state index contributed by atoms with van der Waals surface area (Å²) in [5.74, 6) is 0.844. The number of rotatable bonds is 7. The number of aromatic nitrogens is 2. The van der Waals surface area contributed by atoms with Gasteiger partial charge in [0.15, 0.2) is 5.82 Å². The lowest BCUT2D eigenvalue weighted by atomic mass is 10.2. The first-order chi connectivity index (χ1) is 10.2. The molecule has 0 radical (unpaired) electrons. The number of fused-ring (bicyclic) bond motifs is 1. The van der Waals surface area contributed by atoms with Crippen LogP contribution in [0.4, 0.5) is 0 Å². The second-order valence-corrected chi connectivity index (χ2v) is 5.25. The number of methoxy groups -OCH3 is 1. The average Bonchev–Trinajstić information content (AvgIpc) is 2.50. The largest absolute Gasteiger partial charge is 0.379 e. The number of quaternary nitrogens is 1. The normalized spacial score (nSPS) is 12.7. The Morgan fingerprint density at radius 3 is 2.86 bits per heavy atom. The van der Waals surface area contributed by atoms with Crippen molar-refractivity contribution in [3.8, 4) is 0 Å². The molecule has 1 aromatic carbocycles. The van der Waals surface area contributed by atoms with Gasteiger partial charge in [-0.3, -0.25) is 9.36 Å². The molecule has 1 aromatic heterocycles. The maximum Gasteiger partial charge on any atom is 0.261 e. The smallest absolute Gasteiger partial charge is 0.261 e. The second kappa shape index (κ2) is 7.33. The highest BCUT2D eigenvalue weighted by molar-refractivity contribution is 5.77. The van der Waals surface area contributed by atoms with E-state index in [0.29, 0.717) is 18.5 Å². The Morgan fingerprint density at radius 2 is 2.14 bits per heavy atom.